The molecule has 1 aliphatic heterocycles. The molecule has 0 aromatic carbocycles. The smallest absolute Gasteiger partial charge is 0.193 e. The number of nitrogens with zero attached hydrogens (tertiary/aromatic N) is 3. The predicted molar refractivity (Wildman–Crippen MR) is 111 cm³/mol. The van der Waals surface area contributed by atoms with Gasteiger partial charge < -0.3 is 10.2 Å². The molecular weight excluding hydrogens is 451 g/mol. The van der Waals surface area contributed by atoms with Crippen LogP contribution in [0.1, 0.15) is 4.88 Å². The van der Waals surface area contributed by atoms with Crippen LogP contribution < -0.4 is 5.32 Å². The first-order valence-corrected chi connectivity index (χ1v) is 9.50. The van der Waals surface area contributed by atoms with Gasteiger partial charge in [-0.15, -0.1) is 35.3 Å². The molecule has 0 amide bonds. The quantitative estimate of drug-likeness (QED) is 0.404. The molecule has 1 aliphatic rings. The fraction of sp³-hybridized carbons (Fsp3) is 0.643. The number of hydrogen-bond acceptors (Lipinski definition) is 4. The molecule has 4 nitrogen and oxygen atoms in total. The summed E-state index contributed by atoms with van der Waals surface area (Å²) in [5, 5.41) is 3.44. The number of thioether (sulfide) groups is 1. The predicted octanol–water partition coefficient (Wildman–Crippen LogP) is 3.08. The zero-order chi connectivity index (χ0) is 15.1. The lowest BCUT2D eigenvalue weighted by atomic mass is 10.4. The van der Waals surface area contributed by atoms with Crippen molar-refractivity contribution in [2.45, 2.75) is 6.54 Å². The van der Waals surface area contributed by atoms with Crippen LogP contribution in [0.15, 0.2) is 17.1 Å². The number of rotatable bonds is 5. The lowest BCUT2D eigenvalue weighted by Crippen LogP contribution is -2.43. The normalized spacial score (nSPS) is 16.2. The minimum Gasteiger partial charge on any atom is -0.355 e. The minimum atomic E-state index is 0. The van der Waals surface area contributed by atoms with Crippen molar-refractivity contribution in [1.29, 1.82) is 0 Å². The number of guanidine groups is 1. The fourth-order valence-corrected chi connectivity index (χ4v) is 4.40. The van der Waals surface area contributed by atoms with E-state index in [1.807, 2.05) is 24.9 Å². The van der Waals surface area contributed by atoms with Crippen molar-refractivity contribution in [3.63, 3.8) is 0 Å². The maximum Gasteiger partial charge on any atom is 0.193 e. The molecule has 22 heavy (non-hydrogen) atoms. The van der Waals surface area contributed by atoms with Gasteiger partial charge in [-0.05, 0) is 12.1 Å². The zero-order valence-electron chi connectivity index (χ0n) is 13.0. The van der Waals surface area contributed by atoms with Gasteiger partial charge in [0.25, 0.3) is 0 Å². The highest BCUT2D eigenvalue weighted by atomic mass is 127. The van der Waals surface area contributed by atoms with E-state index >= 15 is 0 Å². The van der Waals surface area contributed by atoms with Crippen molar-refractivity contribution in [3.8, 4) is 0 Å². The Morgan fingerprint density at radius 1 is 1.41 bits per heavy atom. The van der Waals surface area contributed by atoms with Crippen LogP contribution in [0.25, 0.3) is 0 Å². The van der Waals surface area contributed by atoms with Crippen LogP contribution >= 0.6 is 58.7 Å². The topological polar surface area (TPSA) is 30.9 Å². The average Bonchev–Trinajstić information content (AvgIpc) is 2.89. The summed E-state index contributed by atoms with van der Waals surface area (Å²) in [6, 6.07) is 4.02. The Bertz CT molecular complexity index is 463. The third kappa shape index (κ3) is 6.82. The van der Waals surface area contributed by atoms with Gasteiger partial charge in [-0.2, -0.15) is 11.8 Å². The summed E-state index contributed by atoms with van der Waals surface area (Å²) < 4.78 is 0.837. The summed E-state index contributed by atoms with van der Waals surface area (Å²) in [6.07, 6.45) is 0. The monoisotopic (exact) mass is 474 g/mol. The van der Waals surface area contributed by atoms with E-state index in [4.69, 9.17) is 11.6 Å². The summed E-state index contributed by atoms with van der Waals surface area (Å²) in [4.78, 5) is 10.2. The van der Waals surface area contributed by atoms with Crippen LogP contribution in [0.3, 0.4) is 0 Å². The molecule has 1 saturated heterocycles. The molecule has 0 radical (unpaired) electrons. The summed E-state index contributed by atoms with van der Waals surface area (Å²) in [6.45, 7) is 5.26. The summed E-state index contributed by atoms with van der Waals surface area (Å²) in [7, 11) is 3.89. The fourth-order valence-electron chi connectivity index (χ4n) is 2.28. The highest BCUT2D eigenvalue weighted by molar-refractivity contribution is 14.0. The van der Waals surface area contributed by atoms with Crippen LogP contribution in [-0.4, -0.2) is 67.5 Å². The van der Waals surface area contributed by atoms with Crippen molar-refractivity contribution >= 4 is 64.6 Å². The molecule has 1 fully saturated rings. The number of halogens is 2. The maximum absolute atomic E-state index is 5.97. The van der Waals surface area contributed by atoms with E-state index in [2.05, 4.69) is 33.2 Å². The molecule has 0 spiro atoms. The van der Waals surface area contributed by atoms with E-state index in [-0.39, 0.29) is 24.0 Å². The second-order valence-corrected chi connectivity index (χ2v) is 8.01. The highest BCUT2D eigenvalue weighted by Crippen LogP contribution is 2.22. The van der Waals surface area contributed by atoms with Gasteiger partial charge in [0.05, 0.1) is 10.9 Å². The number of nitrogens with one attached hydrogen (secondary N) is 1. The van der Waals surface area contributed by atoms with Gasteiger partial charge in [-0.25, -0.2) is 0 Å². The van der Waals surface area contributed by atoms with Crippen molar-refractivity contribution in [3.05, 3.63) is 21.3 Å². The average molecular weight is 475 g/mol. The SMILES string of the molecule is CN=C(NCCN1CCSCC1)N(C)Cc1ccc(Cl)s1.I. The Morgan fingerprint density at radius 2 is 2.14 bits per heavy atom. The van der Waals surface area contributed by atoms with Crippen molar-refractivity contribution in [2.24, 2.45) is 4.99 Å². The van der Waals surface area contributed by atoms with Crippen molar-refractivity contribution in [1.82, 2.24) is 15.1 Å². The summed E-state index contributed by atoms with van der Waals surface area (Å²) in [5.74, 6) is 3.45. The summed E-state index contributed by atoms with van der Waals surface area (Å²) in [5.41, 5.74) is 0. The van der Waals surface area contributed by atoms with Gasteiger partial charge in [-0.1, -0.05) is 11.6 Å². The Hall–Kier alpha value is 0.300. The first kappa shape index (κ1) is 20.3. The summed E-state index contributed by atoms with van der Waals surface area (Å²) >= 11 is 9.64. The third-order valence-corrected chi connectivity index (χ3v) is 5.57. The maximum atomic E-state index is 5.97. The van der Waals surface area contributed by atoms with Crippen LogP contribution in [0.5, 0.6) is 0 Å². The second kappa shape index (κ2) is 11.0. The largest absolute Gasteiger partial charge is 0.355 e. The lowest BCUT2D eigenvalue weighted by Gasteiger charge is -2.27. The van der Waals surface area contributed by atoms with E-state index < -0.39 is 0 Å². The molecule has 1 aromatic heterocycles. The number of hydrogen-bond donors (Lipinski definition) is 1. The van der Waals surface area contributed by atoms with E-state index in [0.29, 0.717) is 0 Å². The van der Waals surface area contributed by atoms with Crippen LogP contribution in [0.2, 0.25) is 4.34 Å². The minimum absolute atomic E-state index is 0. The number of thiophene rings is 1. The molecule has 2 heterocycles. The van der Waals surface area contributed by atoms with Crippen LogP contribution in [-0.2, 0) is 6.54 Å². The van der Waals surface area contributed by atoms with Crippen molar-refractivity contribution < 1.29 is 0 Å². The molecule has 2 rings (SSSR count). The molecule has 8 heteroatoms. The molecular formula is C14H24ClIN4S2. The van der Waals surface area contributed by atoms with Gasteiger partial charge in [0, 0.05) is 56.7 Å². The first-order valence-electron chi connectivity index (χ1n) is 7.15. The van der Waals surface area contributed by atoms with E-state index in [9.17, 15) is 0 Å². The molecule has 0 bridgehead atoms. The van der Waals surface area contributed by atoms with Gasteiger partial charge in [0.15, 0.2) is 5.96 Å². The molecule has 0 aliphatic carbocycles. The van der Waals surface area contributed by atoms with Gasteiger partial charge in [0.2, 0.25) is 0 Å². The first-order chi connectivity index (χ1) is 10.2. The Balaban J connectivity index is 0.00000242. The highest BCUT2D eigenvalue weighted by Gasteiger charge is 2.11. The standard InChI is InChI=1S/C14H23ClN4S2.HI/c1-16-14(17-5-6-19-7-9-20-10-8-19)18(2)11-12-3-4-13(15)21-12;/h3-4H,5-11H2,1-2H3,(H,16,17);1H. The van der Waals surface area contributed by atoms with E-state index in [1.54, 1.807) is 11.3 Å². The van der Waals surface area contributed by atoms with Crippen LogP contribution in [0.4, 0.5) is 0 Å². The molecule has 1 N–H and O–H groups in total. The lowest BCUT2D eigenvalue weighted by molar-refractivity contribution is 0.305. The van der Waals surface area contributed by atoms with Gasteiger partial charge in [0.1, 0.15) is 0 Å². The van der Waals surface area contributed by atoms with E-state index in [0.717, 1.165) is 29.9 Å². The second-order valence-electron chi connectivity index (χ2n) is 4.99. The molecule has 0 unspecified atom stereocenters. The third-order valence-electron chi connectivity index (χ3n) is 3.41. The molecule has 0 saturated carbocycles. The van der Waals surface area contributed by atoms with Gasteiger partial charge >= 0.3 is 0 Å². The van der Waals surface area contributed by atoms with Crippen molar-refractivity contribution in [2.75, 3.05) is 51.8 Å². The zero-order valence-corrected chi connectivity index (χ0v) is 17.8. The Kier molecular flexibility index (Phi) is 10.1. The Labute approximate surface area is 163 Å². The van der Waals surface area contributed by atoms with Crippen LogP contribution in [0, 0.1) is 0 Å². The number of aliphatic imine (C=N–C) groups is 1. The molecule has 0 atom stereocenters. The van der Waals surface area contributed by atoms with E-state index in [1.165, 1.54) is 29.5 Å². The molecule has 126 valence electrons. The Morgan fingerprint density at radius 3 is 2.73 bits per heavy atom. The van der Waals surface area contributed by atoms with Gasteiger partial charge in [-0.3, -0.25) is 9.89 Å². The molecule has 1 aromatic rings.